The summed E-state index contributed by atoms with van der Waals surface area (Å²) < 4.78 is 15.9. The highest BCUT2D eigenvalue weighted by molar-refractivity contribution is 6.36. The van der Waals surface area contributed by atoms with E-state index < -0.39 is 23.8 Å². The van der Waals surface area contributed by atoms with Gasteiger partial charge in [0.2, 0.25) is 0 Å². The molecule has 2 N–H and O–H groups in total. The maximum Gasteiger partial charge on any atom is 0.344 e. The Morgan fingerprint density at radius 3 is 2.39 bits per heavy atom. The van der Waals surface area contributed by atoms with Crippen molar-refractivity contribution < 1.29 is 28.6 Å². The van der Waals surface area contributed by atoms with E-state index in [0.29, 0.717) is 28.7 Å². The average Bonchev–Trinajstić information content (AvgIpc) is 2.82. The van der Waals surface area contributed by atoms with Gasteiger partial charge in [-0.1, -0.05) is 37.0 Å². The van der Waals surface area contributed by atoms with Gasteiger partial charge in [-0.25, -0.2) is 10.2 Å². The van der Waals surface area contributed by atoms with Crippen LogP contribution < -0.4 is 20.2 Å². The topological polar surface area (TPSA) is 115 Å². The monoisotopic (exact) mass is 537 g/mol. The summed E-state index contributed by atoms with van der Waals surface area (Å²) in [5.41, 5.74) is 3.26. The van der Waals surface area contributed by atoms with E-state index >= 15 is 0 Å². The predicted molar refractivity (Wildman–Crippen MR) is 138 cm³/mol. The lowest BCUT2D eigenvalue weighted by Gasteiger charge is -2.20. The molecule has 0 aliphatic rings. The summed E-state index contributed by atoms with van der Waals surface area (Å²) in [5, 5.41) is 7.25. The molecule has 0 heterocycles. The first-order chi connectivity index (χ1) is 17.2. The highest BCUT2D eigenvalue weighted by atomic mass is 35.5. The first-order valence-corrected chi connectivity index (χ1v) is 12.1. The molecule has 0 saturated carbocycles. The SMILES string of the molecule is CCOC(=O)COc1ccc(/C=N/NC(=O)C(NC(=O)c2ccc(Cl)cc2Cl)C(C)C)cc1OCC. The number of carbonyl (C=O) groups excluding carboxylic acids is 3. The molecule has 2 aromatic rings. The molecule has 9 nitrogen and oxygen atoms in total. The Morgan fingerprint density at radius 1 is 1.00 bits per heavy atom. The number of rotatable bonds is 12. The molecule has 36 heavy (non-hydrogen) atoms. The Labute approximate surface area is 220 Å². The van der Waals surface area contributed by atoms with Gasteiger partial charge in [-0.15, -0.1) is 0 Å². The van der Waals surface area contributed by atoms with Crippen LogP contribution in [-0.2, 0) is 14.3 Å². The molecule has 1 atom stereocenters. The number of benzene rings is 2. The Morgan fingerprint density at radius 2 is 1.75 bits per heavy atom. The number of nitrogens with one attached hydrogen (secondary N) is 2. The van der Waals surface area contributed by atoms with Crippen molar-refractivity contribution in [1.82, 2.24) is 10.7 Å². The van der Waals surface area contributed by atoms with Gasteiger partial charge in [0.25, 0.3) is 11.8 Å². The summed E-state index contributed by atoms with van der Waals surface area (Å²) in [7, 11) is 0. The van der Waals surface area contributed by atoms with E-state index in [1.54, 1.807) is 45.0 Å². The Hall–Kier alpha value is -3.30. The Bertz CT molecular complexity index is 1110. The van der Waals surface area contributed by atoms with Gasteiger partial charge in [0, 0.05) is 5.02 Å². The fraction of sp³-hybridized carbons (Fsp3) is 0.360. The summed E-state index contributed by atoms with van der Waals surface area (Å²) in [5.74, 6) is -0.943. The maximum absolute atomic E-state index is 12.7. The van der Waals surface area contributed by atoms with E-state index in [2.05, 4.69) is 15.8 Å². The van der Waals surface area contributed by atoms with Crippen molar-refractivity contribution in [3.8, 4) is 11.5 Å². The van der Waals surface area contributed by atoms with Crippen LogP contribution in [0.25, 0.3) is 0 Å². The summed E-state index contributed by atoms with van der Waals surface area (Å²) in [6.45, 7) is 7.50. The van der Waals surface area contributed by atoms with Crippen molar-refractivity contribution in [2.75, 3.05) is 19.8 Å². The predicted octanol–water partition coefficient (Wildman–Crippen LogP) is 4.24. The minimum Gasteiger partial charge on any atom is -0.490 e. The second kappa shape index (κ2) is 14.3. The summed E-state index contributed by atoms with van der Waals surface area (Å²) in [6.07, 6.45) is 1.42. The number of hydrazone groups is 1. The average molecular weight is 538 g/mol. The van der Waals surface area contributed by atoms with Crippen molar-refractivity contribution in [1.29, 1.82) is 0 Å². The summed E-state index contributed by atoms with van der Waals surface area (Å²) in [6, 6.07) is 8.59. The Kier molecular flexibility index (Phi) is 11.5. The standard InChI is InChI=1S/C25H29Cl2N3O6/c1-5-34-21-11-16(7-10-20(21)36-14-22(31)35-6-2)13-28-30-25(33)23(15(3)4)29-24(32)18-9-8-17(26)12-19(18)27/h7-13,15,23H,5-6,14H2,1-4H3,(H,29,32)(H,30,33)/b28-13+. The number of amides is 2. The zero-order valence-corrected chi connectivity index (χ0v) is 22.0. The van der Waals surface area contributed by atoms with Gasteiger partial charge in [-0.3, -0.25) is 9.59 Å². The molecule has 0 radical (unpaired) electrons. The van der Waals surface area contributed by atoms with Crippen molar-refractivity contribution in [3.05, 3.63) is 57.6 Å². The third kappa shape index (κ3) is 8.73. The molecule has 2 rings (SSSR count). The third-order valence-electron chi connectivity index (χ3n) is 4.72. The third-order valence-corrected chi connectivity index (χ3v) is 5.27. The normalized spacial score (nSPS) is 11.8. The first-order valence-electron chi connectivity index (χ1n) is 11.3. The van der Waals surface area contributed by atoms with Gasteiger partial charge < -0.3 is 19.5 Å². The second-order valence-corrected chi connectivity index (χ2v) is 8.63. The van der Waals surface area contributed by atoms with Crippen molar-refractivity contribution in [2.24, 2.45) is 11.0 Å². The highest BCUT2D eigenvalue weighted by Gasteiger charge is 2.25. The van der Waals surface area contributed by atoms with E-state index in [1.807, 2.05) is 6.92 Å². The lowest BCUT2D eigenvalue weighted by atomic mass is 10.0. The minimum atomic E-state index is -0.862. The van der Waals surface area contributed by atoms with Crippen molar-refractivity contribution in [2.45, 2.75) is 33.7 Å². The summed E-state index contributed by atoms with van der Waals surface area (Å²) in [4.78, 5) is 36.9. The zero-order valence-electron chi connectivity index (χ0n) is 20.5. The quantitative estimate of drug-likeness (QED) is 0.237. The van der Waals surface area contributed by atoms with E-state index in [1.165, 1.54) is 18.3 Å². The Balaban J connectivity index is 2.05. The number of hydrogen-bond donors (Lipinski definition) is 2. The van der Waals surface area contributed by atoms with E-state index in [9.17, 15) is 14.4 Å². The van der Waals surface area contributed by atoms with Crippen LogP contribution >= 0.6 is 23.2 Å². The lowest BCUT2D eigenvalue weighted by molar-refractivity contribution is -0.145. The van der Waals surface area contributed by atoms with Gasteiger partial charge in [0.1, 0.15) is 6.04 Å². The van der Waals surface area contributed by atoms with Gasteiger partial charge in [0.15, 0.2) is 18.1 Å². The molecule has 1 unspecified atom stereocenters. The molecule has 0 aromatic heterocycles. The molecule has 0 aliphatic heterocycles. The minimum absolute atomic E-state index is 0.181. The molecule has 11 heteroatoms. The molecule has 0 fully saturated rings. The molecule has 2 amide bonds. The number of ether oxygens (including phenoxy) is 3. The van der Waals surface area contributed by atoms with Crippen molar-refractivity contribution in [3.63, 3.8) is 0 Å². The largest absolute Gasteiger partial charge is 0.490 e. The number of hydrogen-bond acceptors (Lipinski definition) is 7. The first kappa shape index (κ1) is 28.9. The van der Waals surface area contributed by atoms with Crippen LogP contribution in [0, 0.1) is 5.92 Å². The van der Waals surface area contributed by atoms with E-state index in [-0.39, 0.29) is 29.7 Å². The van der Waals surface area contributed by atoms with Crippen LogP contribution in [0.1, 0.15) is 43.6 Å². The maximum atomic E-state index is 12.7. The van der Waals surface area contributed by atoms with Crippen molar-refractivity contribution >= 4 is 47.2 Å². The molecular formula is C25H29Cl2N3O6. The van der Waals surface area contributed by atoms with Crippen LogP contribution in [0.3, 0.4) is 0 Å². The van der Waals surface area contributed by atoms with Crippen LogP contribution in [-0.4, -0.2) is 49.9 Å². The van der Waals surface area contributed by atoms with E-state index in [4.69, 9.17) is 37.4 Å². The molecular weight excluding hydrogens is 509 g/mol. The lowest BCUT2D eigenvalue weighted by Crippen LogP contribution is -2.48. The highest BCUT2D eigenvalue weighted by Crippen LogP contribution is 2.28. The molecule has 0 aliphatic carbocycles. The second-order valence-electron chi connectivity index (χ2n) is 7.79. The molecule has 0 spiro atoms. The molecule has 0 bridgehead atoms. The fourth-order valence-electron chi connectivity index (χ4n) is 3.00. The zero-order chi connectivity index (χ0) is 26.7. The summed E-state index contributed by atoms with van der Waals surface area (Å²) >= 11 is 12.0. The van der Waals surface area contributed by atoms with E-state index in [0.717, 1.165) is 0 Å². The van der Waals surface area contributed by atoms with Crippen LogP contribution in [0.5, 0.6) is 11.5 Å². The number of halogens is 2. The number of nitrogens with zero attached hydrogens (tertiary/aromatic N) is 1. The fourth-order valence-corrected chi connectivity index (χ4v) is 3.49. The molecule has 0 saturated heterocycles. The van der Waals surface area contributed by atoms with Gasteiger partial charge in [-0.05, 0) is 61.7 Å². The van der Waals surface area contributed by atoms with Gasteiger partial charge >= 0.3 is 5.97 Å². The smallest absolute Gasteiger partial charge is 0.344 e. The molecule has 2 aromatic carbocycles. The van der Waals surface area contributed by atoms with Crippen LogP contribution in [0.15, 0.2) is 41.5 Å². The van der Waals surface area contributed by atoms with Gasteiger partial charge in [0.05, 0.1) is 30.0 Å². The number of carbonyl (C=O) groups is 3. The number of esters is 1. The van der Waals surface area contributed by atoms with Crippen LogP contribution in [0.4, 0.5) is 0 Å². The molecule has 194 valence electrons. The van der Waals surface area contributed by atoms with Crippen LogP contribution in [0.2, 0.25) is 10.0 Å². The van der Waals surface area contributed by atoms with Gasteiger partial charge in [-0.2, -0.15) is 5.10 Å².